The van der Waals surface area contributed by atoms with Crippen LogP contribution in [0.5, 0.6) is 0 Å². The fraction of sp³-hybridized carbons (Fsp3) is 0.700. The smallest absolute Gasteiger partial charge is 0.309 e. The van der Waals surface area contributed by atoms with E-state index in [1.54, 1.807) is 6.08 Å². The quantitative estimate of drug-likeness (QED) is 0.452. The summed E-state index contributed by atoms with van der Waals surface area (Å²) in [4.78, 5) is 10.9. The molecule has 0 amide bonds. The molecular weight excluding hydrogens is 152 g/mol. The molecule has 0 radical (unpaired) electrons. The molecule has 0 aliphatic heterocycles. The summed E-state index contributed by atoms with van der Waals surface area (Å²) in [6.45, 7) is 8.22. The van der Waals surface area contributed by atoms with Gasteiger partial charge in [0.25, 0.3) is 0 Å². The minimum atomic E-state index is -0.173. The first-order valence-corrected chi connectivity index (χ1v) is 4.47. The molecule has 1 unspecified atom stereocenters. The third-order valence-corrected chi connectivity index (χ3v) is 1.62. The molecule has 0 saturated carbocycles. The van der Waals surface area contributed by atoms with Crippen LogP contribution in [0.15, 0.2) is 12.7 Å². The molecule has 0 saturated heterocycles. The number of carbonyl (C=O) groups excluding carboxylic acids is 1. The molecule has 2 heteroatoms. The second kappa shape index (κ2) is 6.89. The van der Waals surface area contributed by atoms with Crippen molar-refractivity contribution in [2.24, 2.45) is 5.92 Å². The second-order valence-corrected chi connectivity index (χ2v) is 3.07. The summed E-state index contributed by atoms with van der Waals surface area (Å²) < 4.78 is 4.99. The predicted octanol–water partition coefficient (Wildman–Crippen LogP) is 2.54. The summed E-state index contributed by atoms with van der Waals surface area (Å²) in [5.74, 6) is 0.303. The molecule has 0 aromatic rings. The van der Waals surface area contributed by atoms with Crippen molar-refractivity contribution in [3.63, 3.8) is 0 Å². The average Bonchev–Trinajstić information content (AvgIpc) is 2.02. The van der Waals surface area contributed by atoms with E-state index in [0.29, 0.717) is 18.9 Å². The maximum Gasteiger partial charge on any atom is 0.309 e. The molecule has 0 bridgehead atoms. The fourth-order valence-electron chi connectivity index (χ4n) is 0.988. The van der Waals surface area contributed by atoms with Crippen LogP contribution in [0.1, 0.15) is 33.1 Å². The summed E-state index contributed by atoms with van der Waals surface area (Å²) >= 11 is 0. The highest BCUT2D eigenvalue weighted by Crippen LogP contribution is 2.05. The van der Waals surface area contributed by atoms with Crippen molar-refractivity contribution in [2.45, 2.75) is 33.1 Å². The van der Waals surface area contributed by atoms with Crippen molar-refractivity contribution in [3.05, 3.63) is 12.7 Å². The van der Waals surface area contributed by atoms with Gasteiger partial charge in [0.1, 0.15) is 0 Å². The molecule has 0 N–H and O–H groups in total. The Balaban J connectivity index is 3.39. The van der Waals surface area contributed by atoms with Crippen LogP contribution in [0.3, 0.4) is 0 Å². The van der Waals surface area contributed by atoms with Gasteiger partial charge in [-0.25, -0.2) is 0 Å². The van der Waals surface area contributed by atoms with Crippen LogP contribution in [0, 0.1) is 5.92 Å². The SMILES string of the molecule is C=CCC(=O)OCC(C)CCC. The maximum absolute atomic E-state index is 10.9. The Morgan fingerprint density at radius 2 is 2.33 bits per heavy atom. The van der Waals surface area contributed by atoms with E-state index in [4.69, 9.17) is 4.74 Å². The Morgan fingerprint density at radius 3 is 2.83 bits per heavy atom. The van der Waals surface area contributed by atoms with Gasteiger partial charge in [0, 0.05) is 0 Å². The Morgan fingerprint density at radius 1 is 1.67 bits per heavy atom. The minimum absolute atomic E-state index is 0.173. The van der Waals surface area contributed by atoms with Crippen molar-refractivity contribution in [2.75, 3.05) is 6.61 Å². The summed E-state index contributed by atoms with van der Waals surface area (Å²) in [6, 6.07) is 0. The van der Waals surface area contributed by atoms with Crippen LogP contribution in [-0.2, 0) is 9.53 Å². The first-order valence-electron chi connectivity index (χ1n) is 4.47. The van der Waals surface area contributed by atoms with Gasteiger partial charge in [0.15, 0.2) is 0 Å². The van der Waals surface area contributed by atoms with Gasteiger partial charge in [-0.2, -0.15) is 0 Å². The van der Waals surface area contributed by atoms with Crippen LogP contribution in [0.4, 0.5) is 0 Å². The highest BCUT2D eigenvalue weighted by molar-refractivity contribution is 5.70. The van der Waals surface area contributed by atoms with Gasteiger partial charge in [-0.3, -0.25) is 4.79 Å². The van der Waals surface area contributed by atoms with Crippen molar-refractivity contribution < 1.29 is 9.53 Å². The monoisotopic (exact) mass is 170 g/mol. The fourth-order valence-corrected chi connectivity index (χ4v) is 0.988. The van der Waals surface area contributed by atoms with Gasteiger partial charge < -0.3 is 4.74 Å². The zero-order chi connectivity index (χ0) is 9.40. The summed E-state index contributed by atoms with van der Waals surface area (Å²) in [6.07, 6.45) is 4.13. The molecule has 0 aliphatic rings. The van der Waals surface area contributed by atoms with Gasteiger partial charge in [0.05, 0.1) is 13.0 Å². The Labute approximate surface area is 74.6 Å². The molecule has 1 atom stereocenters. The summed E-state index contributed by atoms with van der Waals surface area (Å²) in [7, 11) is 0. The zero-order valence-corrected chi connectivity index (χ0v) is 8.01. The number of carbonyl (C=O) groups is 1. The lowest BCUT2D eigenvalue weighted by molar-refractivity contribution is -0.143. The van der Waals surface area contributed by atoms with Crippen LogP contribution >= 0.6 is 0 Å². The van der Waals surface area contributed by atoms with E-state index in [2.05, 4.69) is 20.4 Å². The molecule has 0 heterocycles. The third-order valence-electron chi connectivity index (χ3n) is 1.62. The molecule has 0 aromatic carbocycles. The van der Waals surface area contributed by atoms with E-state index in [0.717, 1.165) is 12.8 Å². The summed E-state index contributed by atoms with van der Waals surface area (Å²) in [5.41, 5.74) is 0. The highest BCUT2D eigenvalue weighted by Gasteiger charge is 2.04. The number of esters is 1. The van der Waals surface area contributed by atoms with Crippen molar-refractivity contribution >= 4 is 5.97 Å². The van der Waals surface area contributed by atoms with Crippen LogP contribution in [-0.4, -0.2) is 12.6 Å². The molecule has 12 heavy (non-hydrogen) atoms. The number of hydrogen-bond acceptors (Lipinski definition) is 2. The van der Waals surface area contributed by atoms with E-state index < -0.39 is 0 Å². The molecule has 0 spiro atoms. The Kier molecular flexibility index (Phi) is 6.44. The zero-order valence-electron chi connectivity index (χ0n) is 8.01. The molecule has 0 aromatic heterocycles. The lowest BCUT2D eigenvalue weighted by atomic mass is 10.1. The van der Waals surface area contributed by atoms with Gasteiger partial charge in [0.2, 0.25) is 0 Å². The van der Waals surface area contributed by atoms with Crippen molar-refractivity contribution in [3.8, 4) is 0 Å². The second-order valence-electron chi connectivity index (χ2n) is 3.07. The number of hydrogen-bond donors (Lipinski definition) is 0. The third kappa shape index (κ3) is 5.96. The van der Waals surface area contributed by atoms with Gasteiger partial charge in [-0.15, -0.1) is 6.58 Å². The van der Waals surface area contributed by atoms with E-state index in [9.17, 15) is 4.79 Å². The van der Waals surface area contributed by atoms with Crippen LogP contribution in [0.25, 0.3) is 0 Å². The molecular formula is C10H18O2. The molecule has 0 fully saturated rings. The number of ether oxygens (including phenoxy) is 1. The first kappa shape index (κ1) is 11.2. The lowest BCUT2D eigenvalue weighted by Gasteiger charge is -2.09. The predicted molar refractivity (Wildman–Crippen MR) is 49.8 cm³/mol. The Hall–Kier alpha value is -0.790. The first-order chi connectivity index (χ1) is 5.70. The maximum atomic E-state index is 10.9. The number of rotatable bonds is 6. The van der Waals surface area contributed by atoms with Gasteiger partial charge in [-0.1, -0.05) is 26.3 Å². The largest absolute Gasteiger partial charge is 0.465 e. The van der Waals surface area contributed by atoms with Gasteiger partial charge >= 0.3 is 5.97 Å². The van der Waals surface area contributed by atoms with Crippen molar-refractivity contribution in [1.29, 1.82) is 0 Å². The molecule has 0 rings (SSSR count). The lowest BCUT2D eigenvalue weighted by Crippen LogP contribution is -2.10. The van der Waals surface area contributed by atoms with Crippen LogP contribution in [0.2, 0.25) is 0 Å². The van der Waals surface area contributed by atoms with E-state index in [-0.39, 0.29) is 5.97 Å². The van der Waals surface area contributed by atoms with Crippen LogP contribution < -0.4 is 0 Å². The van der Waals surface area contributed by atoms with E-state index in [1.165, 1.54) is 0 Å². The average molecular weight is 170 g/mol. The van der Waals surface area contributed by atoms with E-state index in [1.807, 2.05) is 0 Å². The molecule has 70 valence electrons. The summed E-state index contributed by atoms with van der Waals surface area (Å²) in [5, 5.41) is 0. The topological polar surface area (TPSA) is 26.3 Å². The normalized spacial score (nSPS) is 12.2. The molecule has 2 nitrogen and oxygen atoms in total. The van der Waals surface area contributed by atoms with Gasteiger partial charge in [-0.05, 0) is 12.3 Å². The van der Waals surface area contributed by atoms with Crippen molar-refractivity contribution in [1.82, 2.24) is 0 Å². The highest BCUT2D eigenvalue weighted by atomic mass is 16.5. The molecule has 0 aliphatic carbocycles. The van der Waals surface area contributed by atoms with E-state index >= 15 is 0 Å². The Bertz CT molecular complexity index is 141. The minimum Gasteiger partial charge on any atom is -0.465 e. The standard InChI is InChI=1S/C10H18O2/c1-4-6-9(3)8-12-10(11)7-5-2/h5,9H,2,4,6-8H2,1,3H3.